The molecule has 0 saturated heterocycles. The van der Waals surface area contributed by atoms with Crippen molar-refractivity contribution in [2.24, 2.45) is 0 Å². The Hall–Kier alpha value is -1.74. The van der Waals surface area contributed by atoms with E-state index in [0.717, 1.165) is 31.9 Å². The van der Waals surface area contributed by atoms with Crippen LogP contribution < -0.4 is 0 Å². The van der Waals surface area contributed by atoms with Crippen LogP contribution in [0, 0.1) is 13.8 Å². The average Bonchev–Trinajstić information content (AvgIpc) is 2.50. The molecule has 0 aliphatic carbocycles. The number of fused-ring (bicyclic) bond motifs is 1. The van der Waals surface area contributed by atoms with Crippen LogP contribution in [0.2, 0.25) is 0 Å². The quantitative estimate of drug-likeness (QED) is 0.863. The van der Waals surface area contributed by atoms with Crippen molar-refractivity contribution in [3.8, 4) is 0 Å². The minimum Gasteiger partial charge on any atom is -0.294 e. The van der Waals surface area contributed by atoms with Crippen LogP contribution in [0.1, 0.15) is 53.5 Å². The molecular formula is C19H25N3. The van der Waals surface area contributed by atoms with Gasteiger partial charge in [0.05, 0.1) is 0 Å². The number of hydrogen-bond donors (Lipinski definition) is 0. The van der Waals surface area contributed by atoms with E-state index in [4.69, 9.17) is 4.98 Å². The predicted octanol–water partition coefficient (Wildman–Crippen LogP) is 3.78. The average molecular weight is 295 g/mol. The van der Waals surface area contributed by atoms with Crippen molar-refractivity contribution < 1.29 is 0 Å². The van der Waals surface area contributed by atoms with Crippen LogP contribution in [-0.2, 0) is 19.5 Å². The summed E-state index contributed by atoms with van der Waals surface area (Å²) in [5, 5.41) is 0. The molecule has 0 amide bonds. The number of nitrogens with zero attached hydrogens (tertiary/aromatic N) is 3. The Labute approximate surface area is 133 Å². The predicted molar refractivity (Wildman–Crippen MR) is 89.9 cm³/mol. The molecule has 1 aliphatic rings. The lowest BCUT2D eigenvalue weighted by molar-refractivity contribution is 0.242. The van der Waals surface area contributed by atoms with E-state index >= 15 is 0 Å². The van der Waals surface area contributed by atoms with E-state index in [0.29, 0.717) is 5.92 Å². The van der Waals surface area contributed by atoms with Gasteiger partial charge in [0.2, 0.25) is 0 Å². The molecule has 3 heteroatoms. The zero-order valence-electron chi connectivity index (χ0n) is 14.1. The molecule has 0 N–H and O–H groups in total. The first kappa shape index (κ1) is 15.2. The van der Waals surface area contributed by atoms with Crippen molar-refractivity contribution in [2.45, 2.75) is 53.1 Å². The fraction of sp³-hybridized carbons (Fsp3) is 0.474. The molecule has 116 valence electrons. The second-order valence-electron chi connectivity index (χ2n) is 6.75. The maximum Gasteiger partial charge on any atom is 0.131 e. The van der Waals surface area contributed by atoms with Gasteiger partial charge in [-0.1, -0.05) is 37.6 Å². The van der Waals surface area contributed by atoms with Gasteiger partial charge in [0, 0.05) is 49.4 Å². The molecule has 0 saturated carbocycles. The van der Waals surface area contributed by atoms with Gasteiger partial charge in [-0.2, -0.15) is 0 Å². The fourth-order valence-corrected chi connectivity index (χ4v) is 3.01. The topological polar surface area (TPSA) is 29.0 Å². The molecule has 1 aliphatic heterocycles. The largest absolute Gasteiger partial charge is 0.294 e. The summed E-state index contributed by atoms with van der Waals surface area (Å²) in [7, 11) is 0. The Morgan fingerprint density at radius 3 is 2.82 bits per heavy atom. The molecule has 3 rings (SSSR count). The SMILES string of the molecule is Cc1ccc(C)c(CN2CCc3nc(C(C)C)ncc3C2)c1. The van der Waals surface area contributed by atoms with E-state index in [-0.39, 0.29) is 0 Å². The van der Waals surface area contributed by atoms with Crippen LogP contribution in [0.25, 0.3) is 0 Å². The van der Waals surface area contributed by atoms with Gasteiger partial charge in [0.15, 0.2) is 0 Å². The summed E-state index contributed by atoms with van der Waals surface area (Å²) in [6, 6.07) is 6.72. The van der Waals surface area contributed by atoms with E-state index in [1.165, 1.54) is 27.9 Å². The molecule has 0 bridgehead atoms. The molecule has 0 spiro atoms. The Bertz CT molecular complexity index is 676. The van der Waals surface area contributed by atoms with Gasteiger partial charge in [-0.05, 0) is 25.0 Å². The highest BCUT2D eigenvalue weighted by Gasteiger charge is 2.19. The zero-order chi connectivity index (χ0) is 15.7. The molecule has 3 nitrogen and oxygen atoms in total. The Kier molecular flexibility index (Phi) is 4.25. The third-order valence-electron chi connectivity index (χ3n) is 4.45. The molecule has 2 aromatic rings. The van der Waals surface area contributed by atoms with Crippen LogP contribution in [0.3, 0.4) is 0 Å². The maximum atomic E-state index is 4.75. The Morgan fingerprint density at radius 1 is 1.23 bits per heavy atom. The van der Waals surface area contributed by atoms with Gasteiger partial charge in [0.1, 0.15) is 5.82 Å². The zero-order valence-corrected chi connectivity index (χ0v) is 14.1. The number of hydrogen-bond acceptors (Lipinski definition) is 3. The van der Waals surface area contributed by atoms with Gasteiger partial charge in [-0.25, -0.2) is 9.97 Å². The lowest BCUT2D eigenvalue weighted by Gasteiger charge is -2.29. The first-order chi connectivity index (χ1) is 10.5. The summed E-state index contributed by atoms with van der Waals surface area (Å²) in [5.41, 5.74) is 6.69. The minimum atomic E-state index is 0.401. The summed E-state index contributed by atoms with van der Waals surface area (Å²) < 4.78 is 0. The van der Waals surface area contributed by atoms with Crippen LogP contribution in [-0.4, -0.2) is 21.4 Å². The van der Waals surface area contributed by atoms with E-state index in [2.05, 4.69) is 55.8 Å². The number of aromatic nitrogens is 2. The van der Waals surface area contributed by atoms with E-state index < -0.39 is 0 Å². The normalized spacial score (nSPS) is 15.1. The highest BCUT2D eigenvalue weighted by atomic mass is 15.1. The smallest absolute Gasteiger partial charge is 0.131 e. The highest BCUT2D eigenvalue weighted by Crippen LogP contribution is 2.21. The monoisotopic (exact) mass is 295 g/mol. The summed E-state index contributed by atoms with van der Waals surface area (Å²) in [6.45, 7) is 11.7. The van der Waals surface area contributed by atoms with Crippen molar-refractivity contribution in [1.29, 1.82) is 0 Å². The lowest BCUT2D eigenvalue weighted by atomic mass is 10.0. The first-order valence-electron chi connectivity index (χ1n) is 8.16. The molecule has 1 aromatic heterocycles. The Morgan fingerprint density at radius 2 is 2.05 bits per heavy atom. The number of aryl methyl sites for hydroxylation is 2. The molecule has 22 heavy (non-hydrogen) atoms. The van der Waals surface area contributed by atoms with E-state index in [9.17, 15) is 0 Å². The molecule has 1 aromatic carbocycles. The molecule has 0 atom stereocenters. The van der Waals surface area contributed by atoms with Crippen molar-refractivity contribution >= 4 is 0 Å². The summed E-state index contributed by atoms with van der Waals surface area (Å²) in [6.07, 6.45) is 3.06. The minimum absolute atomic E-state index is 0.401. The second-order valence-corrected chi connectivity index (χ2v) is 6.75. The fourth-order valence-electron chi connectivity index (χ4n) is 3.01. The summed E-state index contributed by atoms with van der Waals surface area (Å²) >= 11 is 0. The lowest BCUT2D eigenvalue weighted by Crippen LogP contribution is -2.31. The summed E-state index contributed by atoms with van der Waals surface area (Å²) in [5.74, 6) is 1.38. The molecule has 0 fully saturated rings. The third-order valence-corrected chi connectivity index (χ3v) is 4.45. The maximum absolute atomic E-state index is 4.75. The van der Waals surface area contributed by atoms with Crippen LogP contribution in [0.4, 0.5) is 0 Å². The summed E-state index contributed by atoms with van der Waals surface area (Å²) in [4.78, 5) is 11.8. The third kappa shape index (κ3) is 3.20. The molecule has 0 radical (unpaired) electrons. The van der Waals surface area contributed by atoms with Crippen molar-refractivity contribution in [3.05, 3.63) is 58.2 Å². The van der Waals surface area contributed by atoms with Gasteiger partial charge >= 0.3 is 0 Å². The standard InChI is InChI=1S/C19H25N3/c1-13(2)19-20-10-17-12-22(8-7-18(17)21-19)11-16-9-14(3)5-6-15(16)4/h5-6,9-10,13H,7-8,11-12H2,1-4H3. The van der Waals surface area contributed by atoms with Crippen LogP contribution in [0.5, 0.6) is 0 Å². The molecule has 0 unspecified atom stereocenters. The van der Waals surface area contributed by atoms with Crippen LogP contribution >= 0.6 is 0 Å². The van der Waals surface area contributed by atoms with E-state index in [1.807, 2.05) is 6.20 Å². The van der Waals surface area contributed by atoms with Gasteiger partial charge in [-0.15, -0.1) is 0 Å². The van der Waals surface area contributed by atoms with Crippen molar-refractivity contribution in [2.75, 3.05) is 6.54 Å². The van der Waals surface area contributed by atoms with Gasteiger partial charge in [0.25, 0.3) is 0 Å². The number of benzene rings is 1. The van der Waals surface area contributed by atoms with Crippen molar-refractivity contribution in [3.63, 3.8) is 0 Å². The second kappa shape index (κ2) is 6.17. The molecule has 2 heterocycles. The van der Waals surface area contributed by atoms with Gasteiger partial charge in [-0.3, -0.25) is 4.90 Å². The Balaban J connectivity index is 1.76. The molecular weight excluding hydrogens is 270 g/mol. The van der Waals surface area contributed by atoms with Crippen molar-refractivity contribution in [1.82, 2.24) is 14.9 Å². The van der Waals surface area contributed by atoms with E-state index in [1.54, 1.807) is 0 Å². The first-order valence-corrected chi connectivity index (χ1v) is 8.16. The number of rotatable bonds is 3. The highest BCUT2D eigenvalue weighted by molar-refractivity contribution is 5.31. The van der Waals surface area contributed by atoms with Crippen LogP contribution in [0.15, 0.2) is 24.4 Å². The van der Waals surface area contributed by atoms with Gasteiger partial charge < -0.3 is 0 Å².